The van der Waals surface area contributed by atoms with Crippen molar-refractivity contribution in [3.8, 4) is 5.75 Å². The van der Waals surface area contributed by atoms with Gasteiger partial charge >= 0.3 is 5.97 Å². The third-order valence-corrected chi connectivity index (χ3v) is 2.35. The van der Waals surface area contributed by atoms with Gasteiger partial charge in [-0.15, -0.1) is 5.11 Å². The lowest BCUT2D eigenvalue weighted by Gasteiger charge is -2.04. The molecule has 8 nitrogen and oxygen atoms in total. The van der Waals surface area contributed by atoms with Crippen LogP contribution in [0.25, 0.3) is 0 Å². The molecule has 0 spiro atoms. The van der Waals surface area contributed by atoms with E-state index >= 15 is 0 Å². The van der Waals surface area contributed by atoms with Gasteiger partial charge in [-0.25, -0.2) is 4.79 Å². The van der Waals surface area contributed by atoms with Crippen molar-refractivity contribution in [1.29, 1.82) is 0 Å². The average Bonchev–Trinajstić information content (AvgIpc) is 2.44. The SMILES string of the molecule is CCOC(=O)C(C)N=Nc1ccc(OC)cc1[N+](=O)[O-]. The van der Waals surface area contributed by atoms with Crippen LogP contribution in [0.1, 0.15) is 13.8 Å². The van der Waals surface area contributed by atoms with Crippen LogP contribution in [0.2, 0.25) is 0 Å². The Morgan fingerprint density at radius 3 is 2.75 bits per heavy atom. The average molecular weight is 281 g/mol. The minimum atomic E-state index is -0.823. The number of nitro groups is 1. The highest BCUT2D eigenvalue weighted by molar-refractivity contribution is 5.75. The van der Waals surface area contributed by atoms with E-state index in [2.05, 4.69) is 10.2 Å². The second-order valence-electron chi connectivity index (χ2n) is 3.76. The summed E-state index contributed by atoms with van der Waals surface area (Å²) in [6, 6.07) is 3.34. The van der Waals surface area contributed by atoms with Gasteiger partial charge < -0.3 is 9.47 Å². The van der Waals surface area contributed by atoms with Crippen molar-refractivity contribution in [2.45, 2.75) is 19.9 Å². The summed E-state index contributed by atoms with van der Waals surface area (Å²) in [6.07, 6.45) is 0. The number of methoxy groups -OCH3 is 1. The maximum absolute atomic E-state index is 11.4. The highest BCUT2D eigenvalue weighted by Gasteiger charge is 2.17. The van der Waals surface area contributed by atoms with Crippen molar-refractivity contribution in [3.63, 3.8) is 0 Å². The number of nitro benzene ring substituents is 1. The molecule has 108 valence electrons. The molecular formula is C12H15N3O5. The third-order valence-electron chi connectivity index (χ3n) is 2.35. The van der Waals surface area contributed by atoms with E-state index < -0.39 is 16.9 Å². The van der Waals surface area contributed by atoms with Gasteiger partial charge in [0.15, 0.2) is 11.7 Å². The molecule has 1 rings (SSSR count). The predicted octanol–water partition coefficient (Wildman–Crippen LogP) is 2.64. The first kappa shape index (κ1) is 15.5. The van der Waals surface area contributed by atoms with E-state index in [0.29, 0.717) is 5.75 Å². The lowest BCUT2D eigenvalue weighted by Crippen LogP contribution is -2.17. The molecule has 0 aliphatic carbocycles. The Bertz CT molecular complexity index is 530. The van der Waals surface area contributed by atoms with Gasteiger partial charge in [0.05, 0.1) is 24.7 Å². The molecule has 0 aliphatic heterocycles. The maximum atomic E-state index is 11.4. The fourth-order valence-electron chi connectivity index (χ4n) is 1.32. The maximum Gasteiger partial charge on any atom is 0.332 e. The number of hydrogen-bond acceptors (Lipinski definition) is 7. The molecule has 0 aromatic heterocycles. The molecule has 0 N–H and O–H groups in total. The zero-order valence-corrected chi connectivity index (χ0v) is 11.4. The second-order valence-corrected chi connectivity index (χ2v) is 3.76. The highest BCUT2D eigenvalue weighted by atomic mass is 16.6. The molecule has 20 heavy (non-hydrogen) atoms. The fraction of sp³-hybridized carbons (Fsp3) is 0.417. The number of nitrogens with zero attached hydrogens (tertiary/aromatic N) is 3. The summed E-state index contributed by atoms with van der Waals surface area (Å²) in [5.74, 6) is -0.193. The van der Waals surface area contributed by atoms with Crippen molar-refractivity contribution < 1.29 is 19.2 Å². The van der Waals surface area contributed by atoms with Crippen molar-refractivity contribution in [2.24, 2.45) is 10.2 Å². The number of carbonyl (C=O) groups excluding carboxylic acids is 1. The Morgan fingerprint density at radius 1 is 1.50 bits per heavy atom. The van der Waals surface area contributed by atoms with Crippen LogP contribution in [-0.4, -0.2) is 30.7 Å². The normalized spacial score (nSPS) is 12.2. The predicted molar refractivity (Wildman–Crippen MR) is 70.3 cm³/mol. The number of esters is 1. The number of benzene rings is 1. The first-order valence-corrected chi connectivity index (χ1v) is 5.89. The third kappa shape index (κ3) is 4.01. The van der Waals surface area contributed by atoms with Gasteiger partial charge in [0, 0.05) is 0 Å². The van der Waals surface area contributed by atoms with Crippen molar-refractivity contribution in [3.05, 3.63) is 28.3 Å². The van der Waals surface area contributed by atoms with E-state index in [1.165, 1.54) is 32.2 Å². The quantitative estimate of drug-likeness (QED) is 0.345. The van der Waals surface area contributed by atoms with Gasteiger partial charge in [-0.05, 0) is 26.0 Å². The van der Waals surface area contributed by atoms with E-state index in [0.717, 1.165) is 0 Å². The number of carbonyl (C=O) groups is 1. The van der Waals surface area contributed by atoms with Crippen LogP contribution in [0.5, 0.6) is 5.75 Å². The summed E-state index contributed by atoms with van der Waals surface area (Å²) in [7, 11) is 1.41. The number of hydrogen-bond donors (Lipinski definition) is 0. The van der Waals surface area contributed by atoms with Crippen LogP contribution in [0.3, 0.4) is 0 Å². The zero-order valence-electron chi connectivity index (χ0n) is 11.4. The summed E-state index contributed by atoms with van der Waals surface area (Å²) in [5.41, 5.74) is -0.198. The Labute approximate surface area is 115 Å². The highest BCUT2D eigenvalue weighted by Crippen LogP contribution is 2.31. The van der Waals surface area contributed by atoms with Crippen molar-refractivity contribution >= 4 is 17.3 Å². The molecule has 0 fully saturated rings. The van der Waals surface area contributed by atoms with Gasteiger partial charge in [-0.2, -0.15) is 5.11 Å². The monoisotopic (exact) mass is 281 g/mol. The Balaban J connectivity index is 2.96. The molecule has 0 heterocycles. The molecule has 1 atom stereocenters. The van der Waals surface area contributed by atoms with Crippen LogP contribution in [0.4, 0.5) is 11.4 Å². The molecule has 0 aliphatic rings. The van der Waals surface area contributed by atoms with E-state index in [4.69, 9.17) is 9.47 Å². The Hall–Kier alpha value is -2.51. The minimum absolute atomic E-state index is 0.0481. The van der Waals surface area contributed by atoms with Crippen LogP contribution >= 0.6 is 0 Å². The Morgan fingerprint density at radius 2 is 2.20 bits per heavy atom. The molecule has 0 saturated carbocycles. The Kier molecular flexibility index (Phi) is 5.57. The van der Waals surface area contributed by atoms with Gasteiger partial charge in [-0.1, -0.05) is 0 Å². The molecule has 0 amide bonds. The summed E-state index contributed by atoms with van der Waals surface area (Å²) in [6.45, 7) is 3.41. The molecule has 8 heteroatoms. The number of rotatable bonds is 6. The molecule has 0 radical (unpaired) electrons. The molecule has 0 saturated heterocycles. The van der Waals surface area contributed by atoms with Gasteiger partial charge in [0.25, 0.3) is 5.69 Å². The van der Waals surface area contributed by atoms with Crippen LogP contribution < -0.4 is 4.74 Å². The standard InChI is InChI=1S/C12H15N3O5/c1-4-20-12(16)8(2)13-14-10-6-5-9(19-3)7-11(10)15(17)18/h5-8H,4H2,1-3H3. The summed E-state index contributed by atoms with van der Waals surface area (Å²) in [5, 5.41) is 18.4. The van der Waals surface area contributed by atoms with Crippen LogP contribution in [0.15, 0.2) is 28.4 Å². The van der Waals surface area contributed by atoms with Gasteiger partial charge in [0.2, 0.25) is 0 Å². The lowest BCUT2D eigenvalue weighted by atomic mass is 10.2. The summed E-state index contributed by atoms with van der Waals surface area (Å²) >= 11 is 0. The minimum Gasteiger partial charge on any atom is -0.496 e. The van der Waals surface area contributed by atoms with Gasteiger partial charge in [-0.3, -0.25) is 10.1 Å². The zero-order chi connectivity index (χ0) is 15.1. The molecular weight excluding hydrogens is 266 g/mol. The van der Waals surface area contributed by atoms with Crippen LogP contribution in [-0.2, 0) is 9.53 Å². The van der Waals surface area contributed by atoms with Crippen molar-refractivity contribution in [2.75, 3.05) is 13.7 Å². The second kappa shape index (κ2) is 7.17. The van der Waals surface area contributed by atoms with E-state index in [-0.39, 0.29) is 18.0 Å². The van der Waals surface area contributed by atoms with Crippen molar-refractivity contribution in [1.82, 2.24) is 0 Å². The number of ether oxygens (including phenoxy) is 2. The largest absolute Gasteiger partial charge is 0.496 e. The smallest absolute Gasteiger partial charge is 0.332 e. The summed E-state index contributed by atoms with van der Waals surface area (Å²) < 4.78 is 9.66. The molecule has 1 aromatic rings. The molecule has 1 aromatic carbocycles. The summed E-state index contributed by atoms with van der Waals surface area (Å²) in [4.78, 5) is 21.7. The first-order chi connectivity index (χ1) is 9.49. The number of azo groups is 1. The fourth-order valence-corrected chi connectivity index (χ4v) is 1.32. The molecule has 0 bridgehead atoms. The first-order valence-electron chi connectivity index (χ1n) is 5.89. The van der Waals surface area contributed by atoms with E-state index in [1.807, 2.05) is 0 Å². The molecule has 1 unspecified atom stereocenters. The van der Waals surface area contributed by atoms with Crippen LogP contribution in [0, 0.1) is 10.1 Å². The lowest BCUT2D eigenvalue weighted by molar-refractivity contribution is -0.384. The topological polar surface area (TPSA) is 103 Å². The van der Waals surface area contributed by atoms with E-state index in [1.54, 1.807) is 6.92 Å². The van der Waals surface area contributed by atoms with E-state index in [9.17, 15) is 14.9 Å². The van der Waals surface area contributed by atoms with Gasteiger partial charge in [0.1, 0.15) is 5.75 Å².